The number of phenolic OH excluding ortho intramolecular Hbond substituents is 1. The molecule has 0 spiro atoms. The third-order valence-electron chi connectivity index (χ3n) is 2.49. The Bertz CT molecular complexity index is 428. The maximum absolute atomic E-state index is 11.7. The molecular weight excluding hydrogens is 260 g/mol. The molecule has 100 valence electrons. The Morgan fingerprint density at radius 3 is 2.56 bits per heavy atom. The van der Waals surface area contributed by atoms with Crippen LogP contribution in [0.3, 0.4) is 0 Å². The molecule has 0 radical (unpaired) electrons. The number of hydrogen-bond acceptors (Lipinski definition) is 5. The number of halogens is 1. The number of ether oxygens (including phenoxy) is 3. The van der Waals surface area contributed by atoms with E-state index in [-0.39, 0.29) is 22.9 Å². The lowest BCUT2D eigenvalue weighted by Crippen LogP contribution is -2.46. The van der Waals surface area contributed by atoms with Crippen molar-refractivity contribution in [2.75, 3.05) is 14.2 Å². The van der Waals surface area contributed by atoms with Crippen LogP contribution in [-0.2, 0) is 14.3 Å². The summed E-state index contributed by atoms with van der Waals surface area (Å²) in [4.78, 5) is 11.7. The molecular formula is C12H15ClO5. The molecule has 0 aromatic heterocycles. The summed E-state index contributed by atoms with van der Waals surface area (Å²) in [7, 11) is 2.59. The molecule has 1 aromatic carbocycles. The Morgan fingerprint density at radius 2 is 2.11 bits per heavy atom. The van der Waals surface area contributed by atoms with E-state index in [0.29, 0.717) is 0 Å². The maximum atomic E-state index is 11.7. The molecule has 0 fully saturated rings. The van der Waals surface area contributed by atoms with E-state index in [1.165, 1.54) is 32.4 Å². The lowest BCUT2D eigenvalue weighted by molar-refractivity contribution is -0.207. The second kappa shape index (κ2) is 5.93. The molecule has 0 aliphatic heterocycles. The quantitative estimate of drug-likeness (QED) is 0.659. The van der Waals surface area contributed by atoms with Gasteiger partial charge in [0.1, 0.15) is 11.5 Å². The van der Waals surface area contributed by atoms with Gasteiger partial charge in [-0.25, -0.2) is 4.79 Å². The van der Waals surface area contributed by atoms with E-state index in [2.05, 4.69) is 4.74 Å². The van der Waals surface area contributed by atoms with Crippen molar-refractivity contribution in [2.45, 2.75) is 19.1 Å². The second-order valence-corrected chi connectivity index (χ2v) is 3.92. The number of aromatic hydroxyl groups is 1. The van der Waals surface area contributed by atoms with Gasteiger partial charge in [-0.05, 0) is 12.1 Å². The fourth-order valence-corrected chi connectivity index (χ4v) is 1.55. The van der Waals surface area contributed by atoms with Gasteiger partial charge in [-0.2, -0.15) is 0 Å². The van der Waals surface area contributed by atoms with Gasteiger partial charge in [0, 0.05) is 19.6 Å². The fourth-order valence-electron chi connectivity index (χ4n) is 1.43. The van der Waals surface area contributed by atoms with Crippen LogP contribution in [0.15, 0.2) is 18.2 Å². The molecule has 0 saturated carbocycles. The van der Waals surface area contributed by atoms with Gasteiger partial charge in [0.2, 0.25) is 0 Å². The van der Waals surface area contributed by atoms with Gasteiger partial charge in [-0.3, -0.25) is 0 Å². The molecule has 0 amide bonds. The van der Waals surface area contributed by atoms with Crippen molar-refractivity contribution in [3.63, 3.8) is 0 Å². The van der Waals surface area contributed by atoms with Gasteiger partial charge in [-0.15, -0.1) is 0 Å². The van der Waals surface area contributed by atoms with Crippen molar-refractivity contribution in [1.29, 1.82) is 0 Å². The maximum Gasteiger partial charge on any atom is 0.379 e. The van der Waals surface area contributed by atoms with Crippen LogP contribution in [-0.4, -0.2) is 31.1 Å². The number of hydrogen-bond donors (Lipinski definition) is 1. The first-order chi connectivity index (χ1) is 8.49. The molecule has 1 aromatic rings. The van der Waals surface area contributed by atoms with Crippen molar-refractivity contribution in [1.82, 2.24) is 0 Å². The first-order valence-corrected chi connectivity index (χ1v) is 5.68. The van der Waals surface area contributed by atoms with Crippen molar-refractivity contribution in [3.05, 3.63) is 23.2 Å². The van der Waals surface area contributed by atoms with E-state index >= 15 is 0 Å². The minimum absolute atomic E-state index is 0.139. The number of carbonyl (C=O) groups excluding carboxylic acids is 1. The van der Waals surface area contributed by atoms with Gasteiger partial charge >= 0.3 is 11.8 Å². The first-order valence-electron chi connectivity index (χ1n) is 5.30. The predicted octanol–water partition coefficient (Wildman–Crippen LogP) is 2.35. The highest BCUT2D eigenvalue weighted by atomic mass is 35.5. The molecule has 0 aliphatic carbocycles. The molecule has 1 N–H and O–H groups in total. The zero-order valence-corrected chi connectivity index (χ0v) is 11.2. The van der Waals surface area contributed by atoms with E-state index in [0.717, 1.165) is 0 Å². The minimum Gasteiger partial charge on any atom is -0.506 e. The van der Waals surface area contributed by atoms with E-state index in [1.54, 1.807) is 6.92 Å². The highest BCUT2D eigenvalue weighted by molar-refractivity contribution is 6.32. The zero-order chi connectivity index (χ0) is 13.8. The van der Waals surface area contributed by atoms with Crippen LogP contribution in [0.2, 0.25) is 5.02 Å². The van der Waals surface area contributed by atoms with Crippen LogP contribution in [0.5, 0.6) is 11.5 Å². The van der Waals surface area contributed by atoms with Gasteiger partial charge in [-0.1, -0.05) is 18.5 Å². The molecule has 0 aliphatic rings. The lowest BCUT2D eigenvalue weighted by atomic mass is 10.2. The normalized spacial score (nSPS) is 13.8. The molecule has 0 heterocycles. The number of methoxy groups -OCH3 is 2. The number of phenols is 1. The Hall–Kier alpha value is -1.46. The van der Waals surface area contributed by atoms with Gasteiger partial charge in [0.25, 0.3) is 0 Å². The minimum atomic E-state index is -1.53. The number of benzene rings is 1. The van der Waals surface area contributed by atoms with Crippen LogP contribution in [0.4, 0.5) is 0 Å². The molecule has 0 saturated heterocycles. The highest BCUT2D eigenvalue weighted by Crippen LogP contribution is 2.31. The van der Waals surface area contributed by atoms with Crippen molar-refractivity contribution in [3.8, 4) is 11.5 Å². The van der Waals surface area contributed by atoms with Crippen LogP contribution in [0, 0.1) is 0 Å². The zero-order valence-electron chi connectivity index (χ0n) is 10.4. The third kappa shape index (κ3) is 2.86. The van der Waals surface area contributed by atoms with E-state index < -0.39 is 11.8 Å². The number of carbonyl (C=O) groups is 1. The van der Waals surface area contributed by atoms with Crippen molar-refractivity contribution >= 4 is 17.6 Å². The summed E-state index contributed by atoms with van der Waals surface area (Å²) in [6.45, 7) is 1.72. The Labute approximate surface area is 110 Å². The SMILES string of the molecule is CC[C@@](OC)(Oc1ccc(Cl)c(O)c1)C(=O)OC. The summed E-state index contributed by atoms with van der Waals surface area (Å²) in [5.41, 5.74) is 0. The van der Waals surface area contributed by atoms with Gasteiger partial charge in [0.15, 0.2) is 0 Å². The van der Waals surface area contributed by atoms with E-state index in [1.807, 2.05) is 0 Å². The summed E-state index contributed by atoms with van der Waals surface area (Å²) in [6.07, 6.45) is 0.250. The topological polar surface area (TPSA) is 65.0 Å². The predicted molar refractivity (Wildman–Crippen MR) is 65.8 cm³/mol. The summed E-state index contributed by atoms with van der Waals surface area (Å²) in [6, 6.07) is 4.28. The van der Waals surface area contributed by atoms with Crippen molar-refractivity contribution < 1.29 is 24.1 Å². The molecule has 0 bridgehead atoms. The van der Waals surface area contributed by atoms with Gasteiger partial charge < -0.3 is 19.3 Å². The molecule has 5 nitrogen and oxygen atoms in total. The van der Waals surface area contributed by atoms with Crippen molar-refractivity contribution in [2.24, 2.45) is 0 Å². The monoisotopic (exact) mass is 274 g/mol. The van der Waals surface area contributed by atoms with Gasteiger partial charge in [0.05, 0.1) is 12.1 Å². The van der Waals surface area contributed by atoms with Crippen LogP contribution in [0.1, 0.15) is 13.3 Å². The van der Waals surface area contributed by atoms with Crippen LogP contribution in [0.25, 0.3) is 0 Å². The standard InChI is InChI=1S/C12H15ClO5/c1-4-12(17-3,11(15)16-2)18-8-5-6-9(13)10(14)7-8/h5-7,14H,4H2,1-3H3/t12-/m1/s1. The number of rotatable bonds is 5. The average molecular weight is 275 g/mol. The Balaban J connectivity index is 3.03. The summed E-state index contributed by atoms with van der Waals surface area (Å²) >= 11 is 5.68. The van der Waals surface area contributed by atoms with E-state index in [9.17, 15) is 9.90 Å². The molecule has 1 atom stereocenters. The second-order valence-electron chi connectivity index (χ2n) is 3.52. The molecule has 18 heavy (non-hydrogen) atoms. The molecule has 6 heteroatoms. The average Bonchev–Trinajstić information content (AvgIpc) is 2.39. The van der Waals surface area contributed by atoms with Crippen LogP contribution < -0.4 is 4.74 Å². The fraction of sp³-hybridized carbons (Fsp3) is 0.417. The smallest absolute Gasteiger partial charge is 0.379 e. The molecule has 0 unspecified atom stereocenters. The molecule has 1 rings (SSSR count). The first kappa shape index (κ1) is 14.6. The lowest BCUT2D eigenvalue weighted by Gasteiger charge is -2.28. The Kier molecular flexibility index (Phi) is 4.81. The Morgan fingerprint density at radius 1 is 1.44 bits per heavy atom. The summed E-state index contributed by atoms with van der Waals surface area (Å²) in [5, 5.41) is 9.66. The third-order valence-corrected chi connectivity index (χ3v) is 2.81. The largest absolute Gasteiger partial charge is 0.506 e. The van der Waals surface area contributed by atoms with E-state index in [4.69, 9.17) is 21.1 Å². The summed E-state index contributed by atoms with van der Waals surface area (Å²) in [5.74, 6) is -2.07. The number of esters is 1. The highest BCUT2D eigenvalue weighted by Gasteiger charge is 2.41. The van der Waals surface area contributed by atoms with Crippen LogP contribution >= 0.6 is 11.6 Å². The summed E-state index contributed by atoms with van der Waals surface area (Å²) < 4.78 is 15.2.